The van der Waals surface area contributed by atoms with Gasteiger partial charge in [-0.1, -0.05) is 19.1 Å². The van der Waals surface area contributed by atoms with Crippen LogP contribution >= 0.6 is 0 Å². The fourth-order valence-corrected chi connectivity index (χ4v) is 3.31. The van der Waals surface area contributed by atoms with Gasteiger partial charge in [0.15, 0.2) is 11.4 Å². The Labute approximate surface area is 180 Å². The fourth-order valence-electron chi connectivity index (χ4n) is 3.02. The van der Waals surface area contributed by atoms with Crippen molar-refractivity contribution in [2.24, 2.45) is 0 Å². The van der Waals surface area contributed by atoms with Gasteiger partial charge in [0.05, 0.1) is 11.8 Å². The topological polar surface area (TPSA) is 121 Å². The molecule has 1 atom stereocenters. The van der Waals surface area contributed by atoms with Crippen LogP contribution < -0.4 is 14.8 Å². The Balaban J connectivity index is 1.50. The molecule has 2 N–H and O–H groups in total. The second kappa shape index (κ2) is 8.94. The van der Waals surface area contributed by atoms with E-state index in [0.29, 0.717) is 5.69 Å². The number of carbonyl (C=O) groups excluding carboxylic acids is 1. The maximum atomic E-state index is 12.6. The monoisotopic (exact) mass is 436 g/mol. The van der Waals surface area contributed by atoms with Crippen LogP contribution in [-0.2, 0) is 17.8 Å². The van der Waals surface area contributed by atoms with E-state index in [1.807, 2.05) is 31.2 Å². The third kappa shape index (κ3) is 4.71. The molecule has 31 heavy (non-hydrogen) atoms. The summed E-state index contributed by atoms with van der Waals surface area (Å²) in [6, 6.07) is 17.0. The molecule has 0 saturated heterocycles. The molecule has 0 aliphatic rings. The minimum atomic E-state index is -2.77. The molecule has 158 valence electrons. The zero-order valence-electron chi connectivity index (χ0n) is 16.4. The number of nitrogens with zero attached hydrogens (tertiary/aromatic N) is 3. The summed E-state index contributed by atoms with van der Waals surface area (Å²) in [4.78, 5) is 17.1. The summed E-state index contributed by atoms with van der Waals surface area (Å²) < 4.78 is 28.0. The van der Waals surface area contributed by atoms with Gasteiger partial charge in [0.25, 0.3) is 5.91 Å². The molecule has 2 heterocycles. The summed E-state index contributed by atoms with van der Waals surface area (Å²) in [6.07, 6.45) is 2.49. The Morgan fingerprint density at radius 2 is 1.87 bits per heavy atom. The molecule has 0 aliphatic carbocycles. The number of fused-ring (bicyclic) bond motifs is 1. The van der Waals surface area contributed by atoms with Gasteiger partial charge in [0.1, 0.15) is 17.2 Å². The number of hydrogen-bond acceptors (Lipinski definition) is 7. The summed E-state index contributed by atoms with van der Waals surface area (Å²) in [5.41, 5.74) is 3.15. The molecule has 0 spiro atoms. The highest BCUT2D eigenvalue weighted by molar-refractivity contribution is 7.74. The number of nitrogens with one attached hydrogen (secondary N) is 2. The van der Waals surface area contributed by atoms with Gasteiger partial charge in [-0.05, 0) is 42.8 Å². The molecule has 0 fully saturated rings. The summed E-state index contributed by atoms with van der Waals surface area (Å²) in [7, 11) is 0. The lowest BCUT2D eigenvalue weighted by Crippen LogP contribution is -2.14. The number of rotatable bonds is 7. The number of carbonyl (C=O) groups is 1. The van der Waals surface area contributed by atoms with Crippen molar-refractivity contribution in [1.29, 1.82) is 0 Å². The molecule has 1 amide bonds. The number of anilines is 3. The number of aromatic nitrogens is 3. The number of hydrogen-bond donors (Lipinski definition) is 2. The van der Waals surface area contributed by atoms with E-state index in [4.69, 9.17) is 0 Å². The molecular weight excluding hydrogens is 418 g/mol. The lowest BCUT2D eigenvalue weighted by molar-refractivity contribution is 0.102. The second-order valence-corrected chi connectivity index (χ2v) is 7.10. The smallest absolute Gasteiger partial charge is 0.259 e. The molecule has 4 aromatic rings. The largest absolute Gasteiger partial charge is 0.740 e. The van der Waals surface area contributed by atoms with Crippen LogP contribution in [0.2, 0.25) is 0 Å². The maximum Gasteiger partial charge on any atom is 0.259 e. The van der Waals surface area contributed by atoms with Crippen LogP contribution in [-0.4, -0.2) is 29.3 Å². The minimum Gasteiger partial charge on any atom is -0.740 e. The third-order valence-electron chi connectivity index (χ3n) is 4.48. The van der Waals surface area contributed by atoms with Crippen LogP contribution in [0, 0.1) is 0 Å². The molecule has 0 radical (unpaired) electrons. The van der Waals surface area contributed by atoms with E-state index in [1.165, 1.54) is 12.1 Å². The Morgan fingerprint density at radius 3 is 2.61 bits per heavy atom. The van der Waals surface area contributed by atoms with E-state index in [-0.39, 0.29) is 11.3 Å². The quantitative estimate of drug-likeness (QED) is 0.426. The first-order valence-electron chi connectivity index (χ1n) is 9.42. The summed E-state index contributed by atoms with van der Waals surface area (Å²) in [5.74, 6) is 0.251. The lowest BCUT2D eigenvalue weighted by atomic mass is 10.2. The highest BCUT2D eigenvalue weighted by Crippen LogP contribution is 2.23. The van der Waals surface area contributed by atoms with Crippen molar-refractivity contribution in [1.82, 2.24) is 14.6 Å². The summed E-state index contributed by atoms with van der Waals surface area (Å²) >= 11 is -2.77. The molecule has 4 rings (SSSR count). The number of benzene rings is 2. The van der Waals surface area contributed by atoms with Crippen LogP contribution in [0.5, 0.6) is 5.75 Å². The maximum absolute atomic E-state index is 12.6. The van der Waals surface area contributed by atoms with E-state index in [2.05, 4.69) is 24.9 Å². The first-order chi connectivity index (χ1) is 15.0. The van der Waals surface area contributed by atoms with Crippen molar-refractivity contribution in [3.8, 4) is 5.75 Å². The van der Waals surface area contributed by atoms with Crippen molar-refractivity contribution in [2.75, 3.05) is 10.6 Å². The Kier molecular flexibility index (Phi) is 5.92. The summed E-state index contributed by atoms with van der Waals surface area (Å²) in [5, 5.41) is 10.3. The second-order valence-electron chi connectivity index (χ2n) is 6.53. The zero-order valence-corrected chi connectivity index (χ0v) is 17.3. The average Bonchev–Trinajstić information content (AvgIpc) is 3.24. The van der Waals surface area contributed by atoms with Gasteiger partial charge < -0.3 is 19.4 Å². The van der Waals surface area contributed by atoms with Crippen LogP contribution in [0.3, 0.4) is 0 Å². The highest BCUT2D eigenvalue weighted by Gasteiger charge is 2.13. The molecule has 0 bridgehead atoms. The van der Waals surface area contributed by atoms with E-state index in [9.17, 15) is 13.6 Å². The van der Waals surface area contributed by atoms with Crippen LogP contribution in [0.15, 0.2) is 66.9 Å². The molecule has 0 aliphatic heterocycles. The number of amides is 1. The van der Waals surface area contributed by atoms with Gasteiger partial charge in [-0.2, -0.15) is 9.61 Å². The van der Waals surface area contributed by atoms with Gasteiger partial charge in [-0.25, -0.2) is 9.19 Å². The van der Waals surface area contributed by atoms with Gasteiger partial charge in [-0.3, -0.25) is 4.79 Å². The molecule has 0 saturated carbocycles. The van der Waals surface area contributed by atoms with E-state index < -0.39 is 17.3 Å². The number of para-hydroxylation sites is 1. The van der Waals surface area contributed by atoms with Gasteiger partial charge in [0, 0.05) is 29.2 Å². The molecule has 2 aromatic heterocycles. The Bertz CT molecular complexity index is 1260. The average molecular weight is 436 g/mol. The van der Waals surface area contributed by atoms with E-state index >= 15 is 0 Å². The molecule has 2 aromatic carbocycles. The van der Waals surface area contributed by atoms with Crippen molar-refractivity contribution < 1.29 is 17.7 Å². The lowest BCUT2D eigenvalue weighted by Gasteiger charge is -2.13. The number of aryl methyl sites for hydroxylation is 1. The minimum absolute atomic E-state index is 0.0423. The van der Waals surface area contributed by atoms with Crippen molar-refractivity contribution in [2.45, 2.75) is 13.3 Å². The van der Waals surface area contributed by atoms with Crippen LogP contribution in [0.4, 0.5) is 17.2 Å². The van der Waals surface area contributed by atoms with Gasteiger partial charge in [-0.15, -0.1) is 0 Å². The molecule has 10 heteroatoms. The highest BCUT2D eigenvalue weighted by atomic mass is 32.2. The van der Waals surface area contributed by atoms with E-state index in [1.54, 1.807) is 35.0 Å². The zero-order chi connectivity index (χ0) is 21.8. The predicted molar refractivity (Wildman–Crippen MR) is 116 cm³/mol. The van der Waals surface area contributed by atoms with Gasteiger partial charge >= 0.3 is 0 Å². The first-order valence-corrected chi connectivity index (χ1v) is 10.4. The predicted octanol–water partition coefficient (Wildman–Crippen LogP) is 3.46. The van der Waals surface area contributed by atoms with Crippen LogP contribution in [0.25, 0.3) is 5.65 Å². The Morgan fingerprint density at radius 1 is 1.13 bits per heavy atom. The normalized spacial score (nSPS) is 11.8. The standard InChI is InChI=1S/C21H19N5O4S/c1-2-14-13-20(26-19(23-14)11-12-22-26)24-15-7-9-16(10-8-15)25-21(27)17-5-3-4-6-18(17)30-31(28)29/h3-13,24H,2H2,1H3,(H,25,27)(H,28,29)/p-1. The Hall–Kier alpha value is -3.76. The van der Waals surface area contributed by atoms with Crippen LogP contribution in [0.1, 0.15) is 23.0 Å². The molecular formula is C21H18N5O4S-. The van der Waals surface area contributed by atoms with Gasteiger partial charge in [0.2, 0.25) is 0 Å². The first kappa shape index (κ1) is 20.5. The third-order valence-corrected chi connectivity index (χ3v) is 4.79. The van der Waals surface area contributed by atoms with Crippen molar-refractivity contribution in [3.63, 3.8) is 0 Å². The van der Waals surface area contributed by atoms with E-state index in [0.717, 1.165) is 29.3 Å². The van der Waals surface area contributed by atoms with Crippen molar-refractivity contribution >= 4 is 40.1 Å². The molecule has 9 nitrogen and oxygen atoms in total. The fraction of sp³-hybridized carbons (Fsp3) is 0.0952. The summed E-state index contributed by atoms with van der Waals surface area (Å²) in [6.45, 7) is 2.04. The van der Waals surface area contributed by atoms with Crippen molar-refractivity contribution in [3.05, 3.63) is 78.1 Å². The SMILES string of the molecule is CCc1cc(Nc2ccc(NC(=O)c3ccccc3OS(=O)[O-])cc2)n2nccc2n1. The molecule has 1 unspecified atom stereocenters.